The molecule has 1 aliphatic rings. The van der Waals surface area contributed by atoms with Crippen molar-refractivity contribution in [2.75, 3.05) is 33.9 Å². The molecule has 7 heteroatoms. The molecule has 1 aromatic carbocycles. The lowest BCUT2D eigenvalue weighted by molar-refractivity contribution is 0.184. The summed E-state index contributed by atoms with van der Waals surface area (Å²) in [5.41, 5.74) is 2.97. The summed E-state index contributed by atoms with van der Waals surface area (Å²) in [4.78, 5) is 14.3. The SMILES string of the molecule is COCCCNC(=O)N1CCCn2nc(-c3cccc(OC)c3)cc2C1. The maximum atomic E-state index is 12.4. The van der Waals surface area contributed by atoms with Crippen molar-refractivity contribution < 1.29 is 14.3 Å². The molecule has 0 unspecified atom stereocenters. The second-order valence-electron chi connectivity index (χ2n) is 6.33. The number of aryl methyl sites for hydroxylation is 1. The van der Waals surface area contributed by atoms with Crippen LogP contribution in [0.25, 0.3) is 11.3 Å². The number of urea groups is 1. The van der Waals surface area contributed by atoms with Crippen LogP contribution >= 0.6 is 0 Å². The Balaban J connectivity index is 1.70. The predicted molar refractivity (Wildman–Crippen MR) is 99.1 cm³/mol. The van der Waals surface area contributed by atoms with Gasteiger partial charge in [-0.2, -0.15) is 5.10 Å². The number of hydrogen-bond donors (Lipinski definition) is 1. The van der Waals surface area contributed by atoms with Crippen LogP contribution in [0.15, 0.2) is 30.3 Å². The smallest absolute Gasteiger partial charge is 0.317 e. The number of amides is 2. The molecule has 0 bridgehead atoms. The summed E-state index contributed by atoms with van der Waals surface area (Å²) in [5.74, 6) is 0.808. The second kappa shape index (κ2) is 8.71. The van der Waals surface area contributed by atoms with Crippen molar-refractivity contribution in [3.63, 3.8) is 0 Å². The van der Waals surface area contributed by atoms with Crippen LogP contribution in [0.3, 0.4) is 0 Å². The van der Waals surface area contributed by atoms with E-state index in [2.05, 4.69) is 11.4 Å². The number of benzene rings is 1. The van der Waals surface area contributed by atoms with Crippen molar-refractivity contribution in [2.45, 2.75) is 25.9 Å². The van der Waals surface area contributed by atoms with Gasteiger partial charge in [0, 0.05) is 38.9 Å². The Bertz CT molecular complexity index is 744. The number of fused-ring (bicyclic) bond motifs is 1. The molecule has 0 atom stereocenters. The Morgan fingerprint density at radius 1 is 1.27 bits per heavy atom. The lowest BCUT2D eigenvalue weighted by Gasteiger charge is -2.20. The number of ether oxygens (including phenoxy) is 2. The van der Waals surface area contributed by atoms with Gasteiger partial charge in [-0.15, -0.1) is 0 Å². The van der Waals surface area contributed by atoms with Crippen molar-refractivity contribution in [1.29, 1.82) is 0 Å². The summed E-state index contributed by atoms with van der Waals surface area (Å²) in [7, 11) is 3.32. The first-order valence-electron chi connectivity index (χ1n) is 8.94. The highest BCUT2D eigenvalue weighted by atomic mass is 16.5. The van der Waals surface area contributed by atoms with E-state index in [9.17, 15) is 4.79 Å². The molecular weight excluding hydrogens is 332 g/mol. The first kappa shape index (κ1) is 18.3. The normalized spacial score (nSPS) is 13.8. The molecule has 140 valence electrons. The number of aromatic nitrogens is 2. The third-order valence-electron chi connectivity index (χ3n) is 4.47. The average molecular weight is 358 g/mol. The van der Waals surface area contributed by atoms with Crippen molar-refractivity contribution in [3.05, 3.63) is 36.0 Å². The van der Waals surface area contributed by atoms with Gasteiger partial charge in [-0.05, 0) is 31.0 Å². The fourth-order valence-corrected chi connectivity index (χ4v) is 3.08. The monoisotopic (exact) mass is 358 g/mol. The van der Waals surface area contributed by atoms with Crippen LogP contribution in [-0.4, -0.2) is 54.6 Å². The Kier molecular flexibility index (Phi) is 6.12. The number of carbonyl (C=O) groups is 1. The molecule has 0 radical (unpaired) electrons. The molecular formula is C19H26N4O3. The van der Waals surface area contributed by atoms with Gasteiger partial charge < -0.3 is 19.7 Å². The zero-order valence-electron chi connectivity index (χ0n) is 15.4. The van der Waals surface area contributed by atoms with Gasteiger partial charge in [0.25, 0.3) is 0 Å². The average Bonchev–Trinajstić information content (AvgIpc) is 2.96. The molecule has 2 aromatic rings. The number of nitrogens with zero attached hydrogens (tertiary/aromatic N) is 3. The van der Waals surface area contributed by atoms with Crippen molar-refractivity contribution >= 4 is 6.03 Å². The molecule has 1 aromatic heterocycles. The second-order valence-corrected chi connectivity index (χ2v) is 6.33. The molecule has 3 rings (SSSR count). The standard InChI is InChI=1S/C19H26N4O3/c1-25-11-4-8-20-19(24)22-9-5-10-23-16(14-22)13-18(21-23)15-6-3-7-17(12-15)26-2/h3,6-7,12-13H,4-5,8-11,14H2,1-2H3,(H,20,24). The van der Waals surface area contributed by atoms with E-state index in [-0.39, 0.29) is 6.03 Å². The largest absolute Gasteiger partial charge is 0.497 e. The summed E-state index contributed by atoms with van der Waals surface area (Å²) in [6.07, 6.45) is 1.70. The highest BCUT2D eigenvalue weighted by molar-refractivity contribution is 5.74. The van der Waals surface area contributed by atoms with Crippen LogP contribution < -0.4 is 10.1 Å². The highest BCUT2D eigenvalue weighted by Crippen LogP contribution is 2.25. The number of nitrogens with one attached hydrogen (secondary N) is 1. The summed E-state index contributed by atoms with van der Waals surface area (Å²) in [6.45, 7) is 3.38. The van der Waals surface area contributed by atoms with Gasteiger partial charge in [-0.3, -0.25) is 4.68 Å². The molecule has 26 heavy (non-hydrogen) atoms. The fourth-order valence-electron chi connectivity index (χ4n) is 3.08. The summed E-state index contributed by atoms with van der Waals surface area (Å²) >= 11 is 0. The zero-order chi connectivity index (χ0) is 18.4. The molecule has 0 aliphatic carbocycles. The Labute approximate surface area is 153 Å². The van der Waals surface area contributed by atoms with Crippen LogP contribution in [0.5, 0.6) is 5.75 Å². The first-order valence-corrected chi connectivity index (χ1v) is 8.94. The first-order chi connectivity index (χ1) is 12.7. The maximum absolute atomic E-state index is 12.4. The van der Waals surface area contributed by atoms with Crippen molar-refractivity contribution in [3.8, 4) is 17.0 Å². The van der Waals surface area contributed by atoms with E-state index in [0.29, 0.717) is 19.7 Å². The highest BCUT2D eigenvalue weighted by Gasteiger charge is 2.20. The third-order valence-corrected chi connectivity index (χ3v) is 4.47. The minimum absolute atomic E-state index is 0.0290. The van der Waals surface area contributed by atoms with Gasteiger partial charge >= 0.3 is 6.03 Å². The minimum Gasteiger partial charge on any atom is -0.497 e. The quantitative estimate of drug-likeness (QED) is 0.806. The van der Waals surface area contributed by atoms with Crippen LogP contribution in [0.1, 0.15) is 18.5 Å². The molecule has 7 nitrogen and oxygen atoms in total. The van der Waals surface area contributed by atoms with Gasteiger partial charge in [0.2, 0.25) is 0 Å². The predicted octanol–water partition coefficient (Wildman–Crippen LogP) is 2.51. The summed E-state index contributed by atoms with van der Waals surface area (Å²) < 4.78 is 12.3. The molecule has 0 spiro atoms. The van der Waals surface area contributed by atoms with E-state index in [0.717, 1.165) is 48.6 Å². The Morgan fingerprint density at radius 2 is 2.15 bits per heavy atom. The summed E-state index contributed by atoms with van der Waals surface area (Å²) in [5, 5.41) is 7.68. The topological polar surface area (TPSA) is 68.6 Å². The fraction of sp³-hybridized carbons (Fsp3) is 0.474. The van der Waals surface area contributed by atoms with E-state index in [1.54, 1.807) is 14.2 Å². The van der Waals surface area contributed by atoms with Crippen molar-refractivity contribution in [1.82, 2.24) is 20.0 Å². The van der Waals surface area contributed by atoms with Crippen LogP contribution in [0, 0.1) is 0 Å². The molecule has 0 saturated heterocycles. The zero-order valence-corrected chi connectivity index (χ0v) is 15.4. The lowest BCUT2D eigenvalue weighted by atomic mass is 10.1. The van der Waals surface area contributed by atoms with E-state index in [1.165, 1.54) is 0 Å². The van der Waals surface area contributed by atoms with Crippen LogP contribution in [-0.2, 0) is 17.8 Å². The molecule has 0 fully saturated rings. The molecule has 1 N–H and O–H groups in total. The van der Waals surface area contributed by atoms with Crippen LogP contribution in [0.2, 0.25) is 0 Å². The Hall–Kier alpha value is -2.54. The number of rotatable bonds is 6. The minimum atomic E-state index is -0.0290. The van der Waals surface area contributed by atoms with Gasteiger partial charge in [0.1, 0.15) is 5.75 Å². The number of carbonyl (C=O) groups excluding carboxylic acids is 1. The molecule has 2 heterocycles. The van der Waals surface area contributed by atoms with Crippen LogP contribution in [0.4, 0.5) is 4.79 Å². The molecule has 1 aliphatic heterocycles. The Morgan fingerprint density at radius 3 is 2.96 bits per heavy atom. The number of hydrogen-bond acceptors (Lipinski definition) is 4. The molecule has 2 amide bonds. The summed E-state index contributed by atoms with van der Waals surface area (Å²) in [6, 6.07) is 9.90. The maximum Gasteiger partial charge on any atom is 0.317 e. The van der Waals surface area contributed by atoms with Gasteiger partial charge in [0.05, 0.1) is 25.0 Å². The van der Waals surface area contributed by atoms with Gasteiger partial charge in [-0.25, -0.2) is 4.79 Å². The van der Waals surface area contributed by atoms with E-state index < -0.39 is 0 Å². The van der Waals surface area contributed by atoms with E-state index in [1.807, 2.05) is 33.8 Å². The lowest BCUT2D eigenvalue weighted by Crippen LogP contribution is -2.40. The van der Waals surface area contributed by atoms with E-state index in [4.69, 9.17) is 14.6 Å². The van der Waals surface area contributed by atoms with Gasteiger partial charge in [-0.1, -0.05) is 12.1 Å². The molecule has 0 saturated carbocycles. The van der Waals surface area contributed by atoms with E-state index >= 15 is 0 Å². The third kappa shape index (κ3) is 4.35. The van der Waals surface area contributed by atoms with Crippen molar-refractivity contribution in [2.24, 2.45) is 0 Å². The number of methoxy groups -OCH3 is 2. The van der Waals surface area contributed by atoms with Gasteiger partial charge in [0.15, 0.2) is 0 Å².